The maximum Gasteiger partial charge on any atom is 0.413 e. The Morgan fingerprint density at radius 3 is 2.12 bits per heavy atom. The zero-order valence-electron chi connectivity index (χ0n) is 19.1. The fourth-order valence-corrected chi connectivity index (χ4v) is 7.48. The molecular weight excluding hydrogens is 443 g/mol. The third-order valence-corrected chi connectivity index (χ3v) is 8.30. The van der Waals surface area contributed by atoms with Gasteiger partial charge in [-0.1, -0.05) is 0 Å². The van der Waals surface area contributed by atoms with Crippen molar-refractivity contribution in [3.8, 4) is 0 Å². The number of hydrogen-bond acceptors (Lipinski definition) is 4. The lowest BCUT2D eigenvalue weighted by Gasteiger charge is -2.62. The van der Waals surface area contributed by atoms with E-state index in [9.17, 15) is 32.7 Å². The predicted octanol–water partition coefficient (Wildman–Crippen LogP) is 3.49. The Labute approximate surface area is 190 Å². The van der Waals surface area contributed by atoms with Gasteiger partial charge in [0.05, 0.1) is 6.04 Å². The number of nitrogens with zero attached hydrogens (tertiary/aromatic N) is 1. The molecule has 3 amide bonds. The molecule has 1 heterocycles. The van der Waals surface area contributed by atoms with Crippen molar-refractivity contribution in [3.05, 3.63) is 0 Å². The van der Waals surface area contributed by atoms with Crippen LogP contribution in [0, 0.1) is 29.1 Å². The van der Waals surface area contributed by atoms with Gasteiger partial charge in [-0.25, -0.2) is 9.59 Å². The first-order valence-corrected chi connectivity index (χ1v) is 11.5. The number of carboxylic acid groups (broad SMARTS) is 1. The maximum absolute atomic E-state index is 14.8. The van der Waals surface area contributed by atoms with E-state index in [1.54, 1.807) is 20.8 Å². The molecule has 6 unspecified atom stereocenters. The van der Waals surface area contributed by atoms with Gasteiger partial charge in [-0.3, -0.25) is 4.79 Å². The first kappa shape index (κ1) is 23.9. The van der Waals surface area contributed by atoms with Gasteiger partial charge in [0.2, 0.25) is 5.91 Å². The number of carbonyl (C=O) groups is 3. The highest BCUT2D eigenvalue weighted by Gasteiger charge is 2.71. The molecule has 0 spiro atoms. The Morgan fingerprint density at radius 1 is 1.09 bits per heavy atom. The SMILES string of the molecule is CC(C)(C)OC(=O)NC1(C(F)(F)F)CCN(C(=O)O)C1C1C2CC3C[C@H]1CC(C(N)=O)(C3)C2. The Bertz CT molecular complexity index is 841. The van der Waals surface area contributed by atoms with Gasteiger partial charge in [-0.15, -0.1) is 0 Å². The van der Waals surface area contributed by atoms with Crippen LogP contribution in [0.3, 0.4) is 0 Å². The van der Waals surface area contributed by atoms with E-state index >= 15 is 0 Å². The van der Waals surface area contributed by atoms with Crippen LogP contribution in [0.15, 0.2) is 0 Å². The van der Waals surface area contributed by atoms with Crippen LogP contribution in [0.4, 0.5) is 22.8 Å². The number of carbonyl (C=O) groups excluding carboxylic acids is 2. The Morgan fingerprint density at radius 2 is 1.67 bits per heavy atom. The van der Waals surface area contributed by atoms with Crippen LogP contribution in [-0.2, 0) is 9.53 Å². The van der Waals surface area contributed by atoms with E-state index in [4.69, 9.17) is 10.5 Å². The fraction of sp³-hybridized carbons (Fsp3) is 0.864. The van der Waals surface area contributed by atoms with E-state index in [1.165, 1.54) is 0 Å². The van der Waals surface area contributed by atoms with Crippen LogP contribution in [0.5, 0.6) is 0 Å². The number of halogens is 3. The number of primary amides is 1. The molecular formula is C22H32F3N3O5. The van der Waals surface area contributed by atoms with E-state index in [2.05, 4.69) is 5.32 Å². The van der Waals surface area contributed by atoms with Crippen molar-refractivity contribution in [2.75, 3.05) is 6.54 Å². The summed E-state index contributed by atoms with van der Waals surface area (Å²) in [6.45, 7) is 4.28. The van der Waals surface area contributed by atoms with Crippen LogP contribution in [-0.4, -0.2) is 58.0 Å². The second kappa shape index (κ2) is 7.40. The Hall–Kier alpha value is -2.20. The molecule has 4 saturated carbocycles. The first-order valence-electron chi connectivity index (χ1n) is 11.5. The average molecular weight is 476 g/mol. The summed E-state index contributed by atoms with van der Waals surface area (Å²) < 4.78 is 49.4. The van der Waals surface area contributed by atoms with Gasteiger partial charge in [-0.05, 0) is 83.0 Å². The molecule has 0 aromatic rings. The normalized spacial score (nSPS) is 40.1. The van der Waals surface area contributed by atoms with Gasteiger partial charge in [0.15, 0.2) is 5.54 Å². The number of alkyl halides is 3. The minimum atomic E-state index is -4.91. The average Bonchev–Trinajstić information content (AvgIpc) is 2.99. The summed E-state index contributed by atoms with van der Waals surface area (Å²) in [5.74, 6) is -1.39. The van der Waals surface area contributed by atoms with Crippen molar-refractivity contribution in [1.82, 2.24) is 10.2 Å². The summed E-state index contributed by atoms with van der Waals surface area (Å²) in [5, 5.41) is 11.9. The molecule has 1 aliphatic heterocycles. The van der Waals surface area contributed by atoms with Crippen molar-refractivity contribution in [2.24, 2.45) is 34.8 Å². The topological polar surface area (TPSA) is 122 Å². The highest BCUT2D eigenvalue weighted by molar-refractivity contribution is 5.81. The summed E-state index contributed by atoms with van der Waals surface area (Å²) in [6, 6.07) is -1.50. The Balaban J connectivity index is 1.75. The second-order valence-electron chi connectivity index (χ2n) is 11.5. The third-order valence-electron chi connectivity index (χ3n) is 8.30. The minimum Gasteiger partial charge on any atom is -0.465 e. The van der Waals surface area contributed by atoms with Gasteiger partial charge in [0, 0.05) is 12.0 Å². The van der Waals surface area contributed by atoms with Crippen LogP contribution < -0.4 is 11.1 Å². The molecule has 5 rings (SSSR count). The number of alkyl carbamates (subject to hydrolysis) is 1. The molecule has 4 aliphatic carbocycles. The van der Waals surface area contributed by atoms with Gasteiger partial charge >= 0.3 is 18.4 Å². The van der Waals surface area contributed by atoms with Gasteiger partial charge < -0.3 is 25.8 Å². The number of amides is 3. The highest BCUT2D eigenvalue weighted by Crippen LogP contribution is 2.65. The van der Waals surface area contributed by atoms with E-state index in [0.717, 1.165) is 4.90 Å². The van der Waals surface area contributed by atoms with Crippen LogP contribution >= 0.6 is 0 Å². The predicted molar refractivity (Wildman–Crippen MR) is 110 cm³/mol. The molecule has 0 aromatic heterocycles. The lowest BCUT2D eigenvalue weighted by atomic mass is 9.44. The molecule has 4 N–H and O–H groups in total. The van der Waals surface area contributed by atoms with E-state index in [1.807, 2.05) is 0 Å². The molecule has 5 fully saturated rings. The molecule has 11 heteroatoms. The molecule has 186 valence electrons. The zero-order chi connectivity index (χ0) is 24.6. The van der Waals surface area contributed by atoms with Gasteiger partial charge in [0.25, 0.3) is 0 Å². The van der Waals surface area contributed by atoms with E-state index in [0.29, 0.717) is 32.1 Å². The lowest BCUT2D eigenvalue weighted by molar-refractivity contribution is -0.218. The second-order valence-corrected chi connectivity index (χ2v) is 11.5. The van der Waals surface area contributed by atoms with Gasteiger partial charge in [-0.2, -0.15) is 13.2 Å². The molecule has 4 bridgehead atoms. The first-order chi connectivity index (χ1) is 15.1. The summed E-state index contributed by atoms with van der Waals surface area (Å²) in [7, 11) is 0. The molecule has 8 nitrogen and oxygen atoms in total. The number of hydrogen-bond donors (Lipinski definition) is 3. The smallest absolute Gasteiger partial charge is 0.413 e. The fourth-order valence-electron chi connectivity index (χ4n) is 7.48. The van der Waals surface area contributed by atoms with E-state index in [-0.39, 0.29) is 24.3 Å². The summed E-state index contributed by atoms with van der Waals surface area (Å²) in [6.07, 6.45) is -5.52. The zero-order valence-corrected chi connectivity index (χ0v) is 19.1. The number of nitrogens with two attached hydrogens (primary N) is 1. The minimum absolute atomic E-state index is 0.199. The molecule has 33 heavy (non-hydrogen) atoms. The number of ether oxygens (including phenoxy) is 1. The highest BCUT2D eigenvalue weighted by atomic mass is 19.4. The van der Waals surface area contributed by atoms with Crippen LogP contribution in [0.2, 0.25) is 0 Å². The lowest BCUT2D eigenvalue weighted by Crippen LogP contribution is -2.71. The van der Waals surface area contributed by atoms with Crippen molar-refractivity contribution >= 4 is 18.1 Å². The van der Waals surface area contributed by atoms with Crippen molar-refractivity contribution in [2.45, 2.75) is 82.7 Å². The van der Waals surface area contributed by atoms with Crippen molar-refractivity contribution in [3.63, 3.8) is 0 Å². The summed E-state index contributed by atoms with van der Waals surface area (Å²) in [5.41, 5.74) is 1.20. The number of rotatable bonds is 3. The summed E-state index contributed by atoms with van der Waals surface area (Å²) >= 11 is 0. The third kappa shape index (κ3) is 3.80. The van der Waals surface area contributed by atoms with Crippen molar-refractivity contribution in [1.29, 1.82) is 0 Å². The molecule has 7 atom stereocenters. The largest absolute Gasteiger partial charge is 0.465 e. The molecule has 0 aromatic carbocycles. The number of likely N-dealkylation sites (tertiary alicyclic amines) is 1. The maximum atomic E-state index is 14.8. The standard InChI is InChI=1S/C22H32F3N3O5/c1-19(2,3)33-17(30)27-21(22(23,24)25)4-5-28(18(31)32)15(21)14-12-6-11-7-13(14)10-20(8-11,9-12)16(26)29/h11-15H,4-10H2,1-3H3,(H2,26,29)(H,27,30)(H,31,32)/t11?,12-,13?,14?,15?,20?,21?/m0/s1. The van der Waals surface area contributed by atoms with Gasteiger partial charge in [0.1, 0.15) is 5.60 Å². The molecule has 5 aliphatic rings. The quantitative estimate of drug-likeness (QED) is 0.577. The summed E-state index contributed by atoms with van der Waals surface area (Å²) in [4.78, 5) is 37.8. The van der Waals surface area contributed by atoms with Crippen molar-refractivity contribution < 1.29 is 37.4 Å². The monoisotopic (exact) mass is 475 g/mol. The molecule has 1 saturated heterocycles. The Kier molecular flexibility index (Phi) is 5.37. The van der Waals surface area contributed by atoms with Crippen LogP contribution in [0.25, 0.3) is 0 Å². The molecule has 0 radical (unpaired) electrons. The van der Waals surface area contributed by atoms with E-state index < -0.39 is 59.2 Å². The number of nitrogens with one attached hydrogen (secondary N) is 1. The van der Waals surface area contributed by atoms with Crippen LogP contribution in [0.1, 0.15) is 59.3 Å².